The highest BCUT2D eigenvalue weighted by Gasteiger charge is 2.25. The summed E-state index contributed by atoms with van der Waals surface area (Å²) in [5.41, 5.74) is 3.44. The summed E-state index contributed by atoms with van der Waals surface area (Å²) in [6.07, 6.45) is 0. The van der Waals surface area contributed by atoms with Crippen molar-refractivity contribution in [3.8, 4) is 5.75 Å². The van der Waals surface area contributed by atoms with Crippen molar-refractivity contribution in [1.82, 2.24) is 0 Å². The fraction of sp³-hybridized carbons (Fsp3) is 0.0952. The molecular formula is C21H17BrN2O3S. The third-order valence-electron chi connectivity index (χ3n) is 4.35. The molecule has 0 aliphatic carbocycles. The number of fused-ring (bicyclic) bond motifs is 1. The van der Waals surface area contributed by atoms with Crippen LogP contribution in [0.25, 0.3) is 0 Å². The Bertz CT molecular complexity index is 1170. The number of halogens is 1. The van der Waals surface area contributed by atoms with Crippen LogP contribution in [0.1, 0.15) is 16.7 Å². The molecule has 5 nitrogen and oxygen atoms in total. The summed E-state index contributed by atoms with van der Waals surface area (Å²) >= 11 is 3.50. The van der Waals surface area contributed by atoms with Crippen molar-refractivity contribution < 1.29 is 13.2 Å². The summed E-state index contributed by atoms with van der Waals surface area (Å²) in [4.78, 5) is 0.177. The lowest BCUT2D eigenvalue weighted by atomic mass is 10.1. The average molecular weight is 457 g/mol. The average Bonchev–Trinajstić information content (AvgIpc) is 2.68. The minimum Gasteiger partial charge on any atom is -0.488 e. The predicted molar refractivity (Wildman–Crippen MR) is 113 cm³/mol. The lowest BCUT2D eigenvalue weighted by Crippen LogP contribution is -2.22. The number of benzene rings is 3. The molecule has 0 aromatic heterocycles. The van der Waals surface area contributed by atoms with Gasteiger partial charge in [0.05, 0.1) is 10.2 Å². The van der Waals surface area contributed by atoms with Gasteiger partial charge in [-0.05, 0) is 58.7 Å². The van der Waals surface area contributed by atoms with Crippen LogP contribution in [0.3, 0.4) is 0 Å². The van der Waals surface area contributed by atoms with E-state index in [9.17, 15) is 8.42 Å². The number of nitrogens with zero attached hydrogens (tertiary/aromatic N) is 1. The molecule has 0 radical (unpaired) electrons. The molecule has 142 valence electrons. The van der Waals surface area contributed by atoms with Crippen LogP contribution in [0, 0.1) is 6.92 Å². The number of aryl methyl sites for hydroxylation is 1. The number of rotatable bonds is 4. The van der Waals surface area contributed by atoms with Gasteiger partial charge in [-0.25, -0.2) is 0 Å². The summed E-state index contributed by atoms with van der Waals surface area (Å²) < 4.78 is 35.4. The van der Waals surface area contributed by atoms with Gasteiger partial charge in [0, 0.05) is 5.56 Å². The zero-order valence-corrected chi connectivity index (χ0v) is 17.4. The first-order valence-corrected chi connectivity index (χ1v) is 10.8. The number of hydrogen-bond acceptors (Lipinski definition) is 4. The van der Waals surface area contributed by atoms with E-state index < -0.39 is 10.0 Å². The molecule has 0 saturated heterocycles. The molecule has 4 rings (SSSR count). The van der Waals surface area contributed by atoms with E-state index in [2.05, 4.69) is 25.6 Å². The smallest absolute Gasteiger partial charge is 0.286 e. The second kappa shape index (κ2) is 7.41. The Morgan fingerprint density at radius 3 is 2.54 bits per heavy atom. The Balaban J connectivity index is 1.56. The number of nitrogens with one attached hydrogen (secondary N) is 1. The monoisotopic (exact) mass is 456 g/mol. The van der Waals surface area contributed by atoms with Crippen LogP contribution >= 0.6 is 15.9 Å². The first kappa shape index (κ1) is 18.7. The van der Waals surface area contributed by atoms with Gasteiger partial charge in [-0.3, -0.25) is 0 Å². The summed E-state index contributed by atoms with van der Waals surface area (Å²) in [7, 11) is -3.73. The van der Waals surface area contributed by atoms with Gasteiger partial charge >= 0.3 is 0 Å². The van der Waals surface area contributed by atoms with Gasteiger partial charge in [-0.1, -0.05) is 42.0 Å². The minimum atomic E-state index is -3.73. The molecule has 7 heteroatoms. The SMILES string of the molecule is Cc1ccc(COc2ccc(C3=NS(=O)(=O)c4ccccc4N3)cc2Br)cc1. The van der Waals surface area contributed by atoms with E-state index in [-0.39, 0.29) is 10.7 Å². The summed E-state index contributed by atoms with van der Waals surface area (Å²) in [5.74, 6) is 0.952. The maximum absolute atomic E-state index is 12.4. The molecule has 28 heavy (non-hydrogen) atoms. The summed E-state index contributed by atoms with van der Waals surface area (Å²) in [6.45, 7) is 2.49. The first-order valence-electron chi connectivity index (χ1n) is 8.62. The topological polar surface area (TPSA) is 67.8 Å². The zero-order chi connectivity index (χ0) is 19.7. The Morgan fingerprint density at radius 1 is 1.04 bits per heavy atom. The molecule has 0 spiro atoms. The normalized spacial score (nSPS) is 14.6. The fourth-order valence-corrected chi connectivity index (χ4v) is 4.48. The Kier molecular flexibility index (Phi) is 4.95. The van der Waals surface area contributed by atoms with Crippen molar-refractivity contribution >= 4 is 37.5 Å². The van der Waals surface area contributed by atoms with Gasteiger partial charge < -0.3 is 10.1 Å². The maximum Gasteiger partial charge on any atom is 0.286 e. The highest BCUT2D eigenvalue weighted by Crippen LogP contribution is 2.31. The number of hydrogen-bond donors (Lipinski definition) is 1. The third-order valence-corrected chi connectivity index (χ3v) is 6.30. The number of ether oxygens (including phenoxy) is 1. The molecule has 3 aromatic rings. The Hall–Kier alpha value is -2.64. The van der Waals surface area contributed by atoms with Crippen molar-refractivity contribution in [2.24, 2.45) is 4.40 Å². The highest BCUT2D eigenvalue weighted by molar-refractivity contribution is 9.10. The van der Waals surface area contributed by atoms with E-state index in [0.29, 0.717) is 23.6 Å². The van der Waals surface area contributed by atoms with E-state index in [4.69, 9.17) is 4.74 Å². The number of anilines is 1. The lowest BCUT2D eigenvalue weighted by molar-refractivity contribution is 0.304. The van der Waals surface area contributed by atoms with Gasteiger partial charge in [-0.15, -0.1) is 4.40 Å². The van der Waals surface area contributed by atoms with Crippen LogP contribution in [-0.4, -0.2) is 14.3 Å². The fourth-order valence-electron chi connectivity index (χ4n) is 2.85. The van der Waals surface area contributed by atoms with Crippen LogP contribution in [-0.2, 0) is 16.6 Å². The second-order valence-corrected chi connectivity index (χ2v) is 8.88. The molecule has 1 heterocycles. The molecule has 0 amide bonds. The van der Waals surface area contributed by atoms with Crippen LogP contribution in [0.2, 0.25) is 0 Å². The predicted octanol–water partition coefficient (Wildman–Crippen LogP) is 4.90. The zero-order valence-electron chi connectivity index (χ0n) is 15.0. The van der Waals surface area contributed by atoms with E-state index in [1.165, 1.54) is 11.6 Å². The molecule has 0 bridgehead atoms. The quantitative estimate of drug-likeness (QED) is 0.606. The van der Waals surface area contributed by atoms with E-state index in [1.54, 1.807) is 36.4 Å². The van der Waals surface area contributed by atoms with Gasteiger partial charge in [0.15, 0.2) is 5.84 Å². The third kappa shape index (κ3) is 3.81. The number of para-hydroxylation sites is 1. The Morgan fingerprint density at radius 2 is 1.79 bits per heavy atom. The van der Waals surface area contributed by atoms with Crippen molar-refractivity contribution in [3.63, 3.8) is 0 Å². The number of amidine groups is 1. The van der Waals surface area contributed by atoms with Crippen molar-refractivity contribution in [1.29, 1.82) is 0 Å². The molecule has 1 N–H and O–H groups in total. The standard InChI is InChI=1S/C21H17BrN2O3S/c1-14-6-8-15(9-7-14)13-27-19-11-10-16(12-17(19)22)21-23-18-4-2-3-5-20(18)28(25,26)24-21/h2-12H,13H2,1H3,(H,23,24). The van der Waals surface area contributed by atoms with E-state index in [1.807, 2.05) is 31.2 Å². The van der Waals surface area contributed by atoms with Crippen molar-refractivity contribution in [3.05, 3.63) is 87.9 Å². The van der Waals surface area contributed by atoms with Gasteiger partial charge in [-0.2, -0.15) is 8.42 Å². The maximum atomic E-state index is 12.4. The highest BCUT2D eigenvalue weighted by atomic mass is 79.9. The van der Waals surface area contributed by atoms with Crippen LogP contribution in [0.15, 0.2) is 80.5 Å². The molecule has 0 unspecified atom stereocenters. The molecule has 1 aliphatic heterocycles. The molecule has 0 saturated carbocycles. The van der Waals surface area contributed by atoms with Crippen LogP contribution < -0.4 is 10.1 Å². The Labute approximate surface area is 172 Å². The summed E-state index contributed by atoms with van der Waals surface area (Å²) in [5, 5.41) is 3.09. The molecule has 0 atom stereocenters. The number of sulfonamides is 1. The van der Waals surface area contributed by atoms with Crippen molar-refractivity contribution in [2.75, 3.05) is 5.32 Å². The van der Waals surface area contributed by atoms with E-state index in [0.717, 1.165) is 10.0 Å². The minimum absolute atomic E-state index is 0.177. The molecule has 3 aromatic carbocycles. The van der Waals surface area contributed by atoms with Gasteiger partial charge in [0.2, 0.25) is 0 Å². The van der Waals surface area contributed by atoms with Crippen molar-refractivity contribution in [2.45, 2.75) is 18.4 Å². The first-order chi connectivity index (χ1) is 13.4. The molecule has 1 aliphatic rings. The second-order valence-electron chi connectivity index (χ2n) is 6.46. The molecule has 0 fully saturated rings. The van der Waals surface area contributed by atoms with E-state index >= 15 is 0 Å². The lowest BCUT2D eigenvalue weighted by Gasteiger charge is -2.18. The summed E-state index contributed by atoms with van der Waals surface area (Å²) in [6, 6.07) is 20.2. The van der Waals surface area contributed by atoms with Gasteiger partial charge in [0.25, 0.3) is 10.0 Å². The van der Waals surface area contributed by atoms with Gasteiger partial charge in [0.1, 0.15) is 17.3 Å². The van der Waals surface area contributed by atoms with Crippen LogP contribution in [0.5, 0.6) is 5.75 Å². The van der Waals surface area contributed by atoms with Crippen LogP contribution in [0.4, 0.5) is 5.69 Å². The largest absolute Gasteiger partial charge is 0.488 e. The molecular weight excluding hydrogens is 440 g/mol.